The molecule has 0 amide bonds. The van der Waals surface area contributed by atoms with Crippen LogP contribution in [0.4, 0.5) is 4.39 Å². The predicted octanol–water partition coefficient (Wildman–Crippen LogP) is 2.18. The Hall–Kier alpha value is -1.80. The highest BCUT2D eigenvalue weighted by atomic mass is 32.2. The molecule has 2 rings (SSSR count). The smallest absolute Gasteiger partial charge is 0.243 e. The Morgan fingerprint density at radius 2 is 2.00 bits per heavy atom. The summed E-state index contributed by atoms with van der Waals surface area (Å²) < 4.78 is 39.7. The Balaban J connectivity index is 2.30. The van der Waals surface area contributed by atoms with E-state index in [1.54, 1.807) is 0 Å². The molecule has 1 heterocycles. The van der Waals surface area contributed by atoms with Gasteiger partial charge in [0.1, 0.15) is 5.82 Å². The number of oxime groups is 1. The molecule has 0 spiro atoms. The van der Waals surface area contributed by atoms with Crippen LogP contribution in [0.3, 0.4) is 0 Å². The molecular formula is C15H19FN2O4S. The van der Waals surface area contributed by atoms with Crippen molar-refractivity contribution < 1.29 is 22.8 Å². The lowest BCUT2D eigenvalue weighted by molar-refractivity contribution is -0.122. The third-order valence-corrected chi connectivity index (χ3v) is 5.77. The number of hydrogen-bond acceptors (Lipinski definition) is 5. The number of benzene rings is 1. The van der Waals surface area contributed by atoms with Crippen LogP contribution >= 0.6 is 0 Å². The molecule has 1 saturated heterocycles. The third kappa shape index (κ3) is 3.94. The van der Waals surface area contributed by atoms with Gasteiger partial charge in [-0.1, -0.05) is 11.6 Å². The van der Waals surface area contributed by atoms with E-state index in [0.29, 0.717) is 12.8 Å². The number of ketones is 1. The highest BCUT2D eigenvalue weighted by molar-refractivity contribution is 7.89. The maximum Gasteiger partial charge on any atom is 0.243 e. The van der Waals surface area contributed by atoms with E-state index >= 15 is 0 Å². The molecule has 126 valence electrons. The van der Waals surface area contributed by atoms with Gasteiger partial charge in [-0.3, -0.25) is 4.79 Å². The standard InChI is InChI=1S/C15H19FN2O4S/c1-11(17-20)10-15(19)14-4-2-3-9-18(14)23(21,22)13-7-5-12(16)6-8-13/h5-8,14,20H,2-4,9-10H2,1H3/b17-11+/t14-/m0/s1. The van der Waals surface area contributed by atoms with Gasteiger partial charge in [0.15, 0.2) is 5.78 Å². The first-order valence-corrected chi connectivity index (χ1v) is 8.78. The second-order valence-electron chi connectivity index (χ2n) is 5.56. The van der Waals surface area contributed by atoms with Gasteiger partial charge in [-0.25, -0.2) is 12.8 Å². The van der Waals surface area contributed by atoms with E-state index in [1.165, 1.54) is 23.4 Å². The summed E-state index contributed by atoms with van der Waals surface area (Å²) in [6.07, 6.45) is 1.74. The summed E-state index contributed by atoms with van der Waals surface area (Å²) in [6, 6.07) is 3.77. The first-order chi connectivity index (χ1) is 10.9. The lowest BCUT2D eigenvalue weighted by atomic mass is 9.98. The van der Waals surface area contributed by atoms with Crippen LogP contribution in [0.25, 0.3) is 0 Å². The average molecular weight is 342 g/mol. The first kappa shape index (κ1) is 17.6. The second-order valence-corrected chi connectivity index (χ2v) is 7.45. The summed E-state index contributed by atoms with van der Waals surface area (Å²) >= 11 is 0. The van der Waals surface area contributed by atoms with E-state index in [4.69, 9.17) is 5.21 Å². The van der Waals surface area contributed by atoms with Crippen molar-refractivity contribution >= 4 is 21.5 Å². The van der Waals surface area contributed by atoms with Gasteiger partial charge in [0.25, 0.3) is 0 Å². The van der Waals surface area contributed by atoms with Crippen molar-refractivity contribution in [3.63, 3.8) is 0 Å². The maximum atomic E-state index is 13.0. The minimum absolute atomic E-state index is 0.0360. The van der Waals surface area contributed by atoms with Crippen LogP contribution in [-0.2, 0) is 14.8 Å². The quantitative estimate of drug-likeness (QED) is 0.505. The monoisotopic (exact) mass is 342 g/mol. The molecule has 0 aliphatic carbocycles. The van der Waals surface area contributed by atoms with E-state index < -0.39 is 21.9 Å². The number of carbonyl (C=O) groups excluding carboxylic acids is 1. The molecule has 6 nitrogen and oxygen atoms in total. The van der Waals surface area contributed by atoms with Gasteiger partial charge in [-0.15, -0.1) is 0 Å². The van der Waals surface area contributed by atoms with Crippen molar-refractivity contribution in [2.24, 2.45) is 5.16 Å². The van der Waals surface area contributed by atoms with Crippen LogP contribution in [0.5, 0.6) is 0 Å². The average Bonchev–Trinajstić information content (AvgIpc) is 2.55. The minimum Gasteiger partial charge on any atom is -0.411 e. The van der Waals surface area contributed by atoms with E-state index in [2.05, 4.69) is 5.16 Å². The predicted molar refractivity (Wildman–Crippen MR) is 82.5 cm³/mol. The molecule has 0 unspecified atom stereocenters. The first-order valence-electron chi connectivity index (χ1n) is 7.34. The van der Waals surface area contributed by atoms with E-state index in [-0.39, 0.29) is 29.4 Å². The number of halogens is 1. The Morgan fingerprint density at radius 1 is 1.35 bits per heavy atom. The van der Waals surface area contributed by atoms with Crippen LogP contribution < -0.4 is 0 Å². The molecule has 1 aromatic rings. The third-order valence-electron chi connectivity index (χ3n) is 3.85. The van der Waals surface area contributed by atoms with Crippen molar-refractivity contribution in [3.8, 4) is 0 Å². The zero-order valence-corrected chi connectivity index (χ0v) is 13.6. The molecule has 1 aromatic carbocycles. The number of carbonyl (C=O) groups is 1. The van der Waals surface area contributed by atoms with Gasteiger partial charge in [0, 0.05) is 13.0 Å². The summed E-state index contributed by atoms with van der Waals surface area (Å²) in [7, 11) is -3.87. The maximum absolute atomic E-state index is 13.0. The normalized spacial score (nSPS) is 20.4. The highest BCUT2D eigenvalue weighted by Crippen LogP contribution is 2.26. The molecule has 1 fully saturated rings. The molecule has 0 saturated carbocycles. The molecule has 1 N–H and O–H groups in total. The molecule has 0 bridgehead atoms. The van der Waals surface area contributed by atoms with Gasteiger partial charge in [0.2, 0.25) is 10.0 Å². The van der Waals surface area contributed by atoms with Crippen LogP contribution in [0.15, 0.2) is 34.3 Å². The largest absolute Gasteiger partial charge is 0.411 e. The van der Waals surface area contributed by atoms with Crippen molar-refractivity contribution in [1.29, 1.82) is 0 Å². The van der Waals surface area contributed by atoms with Crippen molar-refractivity contribution in [2.75, 3.05) is 6.54 Å². The lowest BCUT2D eigenvalue weighted by Gasteiger charge is -2.33. The fourth-order valence-corrected chi connectivity index (χ4v) is 4.34. The van der Waals surface area contributed by atoms with Crippen molar-refractivity contribution in [2.45, 2.75) is 43.5 Å². The van der Waals surface area contributed by atoms with Crippen LogP contribution in [0.1, 0.15) is 32.6 Å². The minimum atomic E-state index is -3.87. The number of piperidine rings is 1. The van der Waals surface area contributed by atoms with Crippen LogP contribution in [0.2, 0.25) is 0 Å². The van der Waals surface area contributed by atoms with Crippen LogP contribution in [0, 0.1) is 5.82 Å². The molecule has 1 aliphatic heterocycles. The number of nitrogens with zero attached hydrogens (tertiary/aromatic N) is 2. The summed E-state index contributed by atoms with van der Waals surface area (Å²) in [5, 5.41) is 11.6. The van der Waals surface area contributed by atoms with Gasteiger partial charge >= 0.3 is 0 Å². The molecule has 8 heteroatoms. The van der Waals surface area contributed by atoms with Gasteiger partial charge < -0.3 is 5.21 Å². The fraction of sp³-hybridized carbons (Fsp3) is 0.467. The second kappa shape index (κ2) is 7.18. The molecule has 0 aromatic heterocycles. The van der Waals surface area contributed by atoms with Crippen molar-refractivity contribution in [3.05, 3.63) is 30.1 Å². The van der Waals surface area contributed by atoms with E-state index in [1.807, 2.05) is 0 Å². The van der Waals surface area contributed by atoms with Crippen molar-refractivity contribution in [1.82, 2.24) is 4.31 Å². The molecule has 1 aliphatic rings. The topological polar surface area (TPSA) is 87.0 Å². The lowest BCUT2D eigenvalue weighted by Crippen LogP contribution is -2.48. The molecule has 0 radical (unpaired) electrons. The zero-order chi connectivity index (χ0) is 17.0. The van der Waals surface area contributed by atoms with Crippen LogP contribution in [-0.4, -0.2) is 42.0 Å². The molecular weight excluding hydrogens is 323 g/mol. The highest BCUT2D eigenvalue weighted by Gasteiger charge is 2.37. The van der Waals surface area contributed by atoms with E-state index in [9.17, 15) is 17.6 Å². The number of Topliss-reactive ketones (excluding diaryl/α,β-unsaturated/α-hetero) is 1. The fourth-order valence-electron chi connectivity index (χ4n) is 2.66. The summed E-state index contributed by atoms with van der Waals surface area (Å²) in [5.41, 5.74) is 0.236. The van der Waals surface area contributed by atoms with Gasteiger partial charge in [-0.05, 0) is 44.0 Å². The number of hydrogen-bond donors (Lipinski definition) is 1. The Bertz CT molecular complexity index is 701. The Morgan fingerprint density at radius 3 is 2.61 bits per heavy atom. The van der Waals surface area contributed by atoms with Gasteiger partial charge in [-0.2, -0.15) is 4.31 Å². The Labute approximate surface area is 134 Å². The SMILES string of the molecule is C/C(CC(=O)[C@@H]1CCCCN1S(=O)(=O)c1ccc(F)cc1)=N\O. The summed E-state index contributed by atoms with van der Waals surface area (Å²) in [6.45, 7) is 1.74. The number of sulfonamides is 1. The molecule has 1 atom stereocenters. The zero-order valence-electron chi connectivity index (χ0n) is 12.8. The number of rotatable bonds is 5. The summed E-state index contributed by atoms with van der Waals surface area (Å²) in [5.74, 6) is -0.823. The van der Waals surface area contributed by atoms with Gasteiger partial charge in [0.05, 0.1) is 16.6 Å². The summed E-state index contributed by atoms with van der Waals surface area (Å²) in [4.78, 5) is 12.3. The molecule has 23 heavy (non-hydrogen) atoms. The van der Waals surface area contributed by atoms with E-state index in [0.717, 1.165) is 18.6 Å². The Kier molecular flexibility index (Phi) is 5.48.